The Balaban J connectivity index is 2.15. The molecule has 0 N–H and O–H groups in total. The molecule has 2 rings (SSSR count). The maximum atomic E-state index is 11.3. The molecule has 14 heavy (non-hydrogen) atoms. The molecule has 0 aliphatic carbocycles. The predicted molar refractivity (Wildman–Crippen MR) is 46.2 cm³/mol. The van der Waals surface area contributed by atoms with Crippen LogP contribution in [0.3, 0.4) is 0 Å². The van der Waals surface area contributed by atoms with E-state index in [2.05, 4.69) is 4.74 Å². The zero-order valence-corrected chi connectivity index (χ0v) is 7.80. The fourth-order valence-corrected chi connectivity index (χ4v) is 1.83. The highest BCUT2D eigenvalue weighted by Gasteiger charge is 2.40. The fourth-order valence-electron chi connectivity index (χ4n) is 1.83. The molecule has 1 saturated heterocycles. The van der Waals surface area contributed by atoms with Crippen molar-refractivity contribution in [2.45, 2.75) is 12.5 Å². The normalized spacial score (nSPS) is 29.8. The summed E-state index contributed by atoms with van der Waals surface area (Å²) >= 11 is 0. The van der Waals surface area contributed by atoms with E-state index >= 15 is 0 Å². The minimum absolute atomic E-state index is 0.122. The topological polar surface area (TPSA) is 55.8 Å². The third-order valence-corrected chi connectivity index (χ3v) is 2.55. The van der Waals surface area contributed by atoms with Crippen molar-refractivity contribution in [3.05, 3.63) is 12.3 Å². The summed E-state index contributed by atoms with van der Waals surface area (Å²) in [7, 11) is 1.35. The van der Waals surface area contributed by atoms with Gasteiger partial charge in [0.1, 0.15) is 0 Å². The van der Waals surface area contributed by atoms with Crippen LogP contribution in [-0.4, -0.2) is 36.7 Å². The molecule has 0 spiro atoms. The van der Waals surface area contributed by atoms with E-state index in [9.17, 15) is 9.59 Å². The van der Waals surface area contributed by atoms with Crippen LogP contribution in [0.25, 0.3) is 0 Å². The second-order valence-electron chi connectivity index (χ2n) is 3.27. The Bertz CT molecular complexity index is 299. The molecule has 1 amide bonds. The monoisotopic (exact) mass is 197 g/mol. The number of rotatable bonds is 1. The van der Waals surface area contributed by atoms with Crippen LogP contribution >= 0.6 is 0 Å². The lowest BCUT2D eigenvalue weighted by molar-refractivity contribution is -0.145. The van der Waals surface area contributed by atoms with Gasteiger partial charge in [-0.05, 0) is 0 Å². The minimum atomic E-state index is -0.385. The average molecular weight is 197 g/mol. The molecule has 0 aromatic carbocycles. The third kappa shape index (κ3) is 1.25. The van der Waals surface area contributed by atoms with Gasteiger partial charge in [-0.1, -0.05) is 6.08 Å². The van der Waals surface area contributed by atoms with E-state index in [1.54, 1.807) is 12.3 Å². The van der Waals surface area contributed by atoms with E-state index in [0.29, 0.717) is 13.0 Å². The summed E-state index contributed by atoms with van der Waals surface area (Å²) in [6, 6.07) is -0.122. The molecular formula is C9H11NO4. The summed E-state index contributed by atoms with van der Waals surface area (Å²) in [4.78, 5) is 24.0. The van der Waals surface area contributed by atoms with Gasteiger partial charge < -0.3 is 9.47 Å². The zero-order valence-electron chi connectivity index (χ0n) is 7.80. The van der Waals surface area contributed by atoms with Gasteiger partial charge in [-0.2, -0.15) is 0 Å². The lowest BCUT2D eigenvalue weighted by Crippen LogP contribution is -2.44. The van der Waals surface area contributed by atoms with Crippen LogP contribution < -0.4 is 0 Å². The number of carbonyl (C=O) groups is 2. The first-order valence-corrected chi connectivity index (χ1v) is 4.45. The molecule has 2 aliphatic heterocycles. The van der Waals surface area contributed by atoms with E-state index in [4.69, 9.17) is 4.74 Å². The molecule has 0 aromatic heterocycles. The molecule has 2 aliphatic rings. The highest BCUT2D eigenvalue weighted by Crippen LogP contribution is 2.28. The van der Waals surface area contributed by atoms with E-state index in [1.807, 2.05) is 0 Å². The Labute approximate surface area is 81.3 Å². The Morgan fingerprint density at radius 3 is 3.21 bits per heavy atom. The number of methoxy groups -OCH3 is 1. The molecule has 1 fully saturated rings. The largest absolute Gasteiger partial charge is 0.469 e. The number of hydrogen-bond acceptors (Lipinski definition) is 4. The molecule has 0 unspecified atom stereocenters. The lowest BCUT2D eigenvalue weighted by Gasteiger charge is -2.30. The second-order valence-corrected chi connectivity index (χ2v) is 3.27. The van der Waals surface area contributed by atoms with Gasteiger partial charge in [0.15, 0.2) is 0 Å². The van der Waals surface area contributed by atoms with E-state index in [1.165, 1.54) is 12.0 Å². The maximum Gasteiger partial charge on any atom is 0.414 e. The SMILES string of the molecule is COC(=O)[C@@H]1C=CN2C(=O)OCC[C@H]12. The van der Waals surface area contributed by atoms with E-state index < -0.39 is 0 Å². The van der Waals surface area contributed by atoms with E-state index in [0.717, 1.165) is 0 Å². The Morgan fingerprint density at radius 2 is 2.50 bits per heavy atom. The lowest BCUT2D eigenvalue weighted by atomic mass is 9.99. The number of carbonyl (C=O) groups excluding carboxylic acids is 2. The first kappa shape index (κ1) is 9.05. The van der Waals surface area contributed by atoms with Gasteiger partial charge in [-0.3, -0.25) is 9.69 Å². The summed E-state index contributed by atoms with van der Waals surface area (Å²) in [5.74, 6) is -0.642. The molecule has 0 aromatic rings. The van der Waals surface area contributed by atoms with Gasteiger partial charge in [0, 0.05) is 12.6 Å². The summed E-state index contributed by atoms with van der Waals surface area (Å²) < 4.78 is 9.49. The van der Waals surface area contributed by atoms with Crippen molar-refractivity contribution in [3.8, 4) is 0 Å². The smallest absolute Gasteiger partial charge is 0.414 e. The fraction of sp³-hybridized carbons (Fsp3) is 0.556. The van der Waals surface area contributed by atoms with Crippen molar-refractivity contribution in [1.82, 2.24) is 4.90 Å². The van der Waals surface area contributed by atoms with Crippen molar-refractivity contribution in [2.75, 3.05) is 13.7 Å². The van der Waals surface area contributed by atoms with Crippen molar-refractivity contribution in [2.24, 2.45) is 5.92 Å². The van der Waals surface area contributed by atoms with Crippen LogP contribution in [0.5, 0.6) is 0 Å². The second kappa shape index (κ2) is 3.32. The Morgan fingerprint density at radius 1 is 1.71 bits per heavy atom. The summed E-state index contributed by atoms with van der Waals surface area (Å²) in [5.41, 5.74) is 0. The number of nitrogens with zero attached hydrogens (tertiary/aromatic N) is 1. The summed E-state index contributed by atoms with van der Waals surface area (Å²) in [6.45, 7) is 0.370. The Hall–Kier alpha value is -1.52. The van der Waals surface area contributed by atoms with Gasteiger partial charge >= 0.3 is 12.1 Å². The minimum Gasteiger partial charge on any atom is -0.469 e. The van der Waals surface area contributed by atoms with Crippen molar-refractivity contribution >= 4 is 12.1 Å². The molecule has 0 bridgehead atoms. The number of hydrogen-bond donors (Lipinski definition) is 0. The van der Waals surface area contributed by atoms with Crippen LogP contribution in [0.15, 0.2) is 12.3 Å². The standard InChI is InChI=1S/C9H11NO4/c1-13-8(11)6-2-4-10-7(6)3-5-14-9(10)12/h2,4,6-7H,3,5H2,1H3/t6-,7-/m1/s1. The predicted octanol–water partition coefficient (Wildman–Crippen LogP) is 0.514. The highest BCUT2D eigenvalue weighted by atomic mass is 16.6. The Kier molecular flexibility index (Phi) is 2.15. The maximum absolute atomic E-state index is 11.3. The number of amides is 1. The summed E-state index contributed by atoms with van der Waals surface area (Å²) in [5, 5.41) is 0. The van der Waals surface area contributed by atoms with Crippen molar-refractivity contribution < 1.29 is 19.1 Å². The van der Waals surface area contributed by atoms with Crippen LogP contribution in [0.2, 0.25) is 0 Å². The number of ether oxygens (including phenoxy) is 2. The molecule has 76 valence electrons. The molecule has 5 heteroatoms. The van der Waals surface area contributed by atoms with Crippen LogP contribution in [0.1, 0.15) is 6.42 Å². The quantitative estimate of drug-likeness (QED) is 0.575. The van der Waals surface area contributed by atoms with Gasteiger partial charge in [0.05, 0.1) is 25.7 Å². The molecule has 2 heterocycles. The summed E-state index contributed by atoms with van der Waals surface area (Å²) in [6.07, 6.45) is 3.55. The number of cyclic esters (lactones) is 1. The molecule has 0 saturated carbocycles. The van der Waals surface area contributed by atoms with Crippen molar-refractivity contribution in [3.63, 3.8) is 0 Å². The number of esters is 1. The van der Waals surface area contributed by atoms with Gasteiger partial charge in [0.2, 0.25) is 0 Å². The van der Waals surface area contributed by atoms with Crippen molar-refractivity contribution in [1.29, 1.82) is 0 Å². The molecule has 0 radical (unpaired) electrons. The molecule has 5 nitrogen and oxygen atoms in total. The average Bonchev–Trinajstić information content (AvgIpc) is 2.62. The van der Waals surface area contributed by atoms with Gasteiger partial charge in [0.25, 0.3) is 0 Å². The first-order chi connectivity index (χ1) is 6.74. The highest BCUT2D eigenvalue weighted by molar-refractivity contribution is 5.79. The van der Waals surface area contributed by atoms with E-state index in [-0.39, 0.29) is 24.0 Å². The molecular weight excluding hydrogens is 186 g/mol. The first-order valence-electron chi connectivity index (χ1n) is 4.45. The molecule has 2 atom stereocenters. The van der Waals surface area contributed by atoms with Crippen LogP contribution in [0, 0.1) is 5.92 Å². The van der Waals surface area contributed by atoms with Crippen LogP contribution in [-0.2, 0) is 14.3 Å². The number of fused-ring (bicyclic) bond motifs is 1. The van der Waals surface area contributed by atoms with Crippen LogP contribution in [0.4, 0.5) is 4.79 Å². The van der Waals surface area contributed by atoms with Gasteiger partial charge in [-0.15, -0.1) is 0 Å². The third-order valence-electron chi connectivity index (χ3n) is 2.55. The van der Waals surface area contributed by atoms with Gasteiger partial charge in [-0.25, -0.2) is 4.79 Å². The zero-order chi connectivity index (χ0) is 10.1.